The Labute approximate surface area is 140 Å². The zero-order valence-corrected chi connectivity index (χ0v) is 13.9. The molecule has 1 N–H and O–H groups in total. The van der Waals surface area contributed by atoms with E-state index in [2.05, 4.69) is 10.3 Å². The van der Waals surface area contributed by atoms with Gasteiger partial charge in [-0.2, -0.15) is 0 Å². The van der Waals surface area contributed by atoms with Crippen molar-refractivity contribution in [3.8, 4) is 0 Å². The molecule has 3 nitrogen and oxygen atoms in total. The highest BCUT2D eigenvalue weighted by molar-refractivity contribution is 8.00. The van der Waals surface area contributed by atoms with Gasteiger partial charge in [-0.25, -0.2) is 4.98 Å². The topological polar surface area (TPSA) is 42.0 Å². The van der Waals surface area contributed by atoms with Crippen LogP contribution in [0.1, 0.15) is 12.5 Å². The van der Waals surface area contributed by atoms with Gasteiger partial charge >= 0.3 is 0 Å². The normalized spacial score (nSPS) is 12.1. The van der Waals surface area contributed by atoms with Crippen LogP contribution < -0.4 is 5.32 Å². The van der Waals surface area contributed by atoms with Crippen molar-refractivity contribution in [3.63, 3.8) is 0 Å². The average Bonchev–Trinajstić information content (AvgIpc) is 2.56. The molecule has 1 aromatic heterocycles. The zero-order valence-electron chi connectivity index (χ0n) is 13.1. The lowest BCUT2D eigenvalue weighted by molar-refractivity contribution is -0.115. The maximum Gasteiger partial charge on any atom is 0.237 e. The fourth-order valence-corrected chi connectivity index (χ4v) is 3.05. The zero-order chi connectivity index (χ0) is 16.2. The van der Waals surface area contributed by atoms with Gasteiger partial charge in [-0.1, -0.05) is 53.7 Å². The van der Waals surface area contributed by atoms with E-state index in [4.69, 9.17) is 0 Å². The molecule has 116 valence electrons. The minimum absolute atomic E-state index is 0.0196. The molecule has 0 saturated carbocycles. The number of amides is 1. The third-order valence-corrected chi connectivity index (χ3v) is 4.60. The van der Waals surface area contributed by atoms with E-state index in [1.807, 2.05) is 74.5 Å². The molecule has 0 fully saturated rings. The minimum atomic E-state index is -0.218. The van der Waals surface area contributed by atoms with Crippen LogP contribution in [0, 0.1) is 6.92 Å². The van der Waals surface area contributed by atoms with Crippen LogP contribution in [0.25, 0.3) is 10.9 Å². The van der Waals surface area contributed by atoms with Crippen molar-refractivity contribution in [2.24, 2.45) is 0 Å². The average molecular weight is 322 g/mol. The molecular formula is C19H18N2OS. The molecule has 0 spiro atoms. The van der Waals surface area contributed by atoms with E-state index in [9.17, 15) is 4.79 Å². The fraction of sp³-hybridized carbons (Fsp3) is 0.158. The summed E-state index contributed by atoms with van der Waals surface area (Å²) in [6.07, 6.45) is 0. The van der Waals surface area contributed by atoms with Crippen molar-refractivity contribution in [3.05, 3.63) is 66.2 Å². The molecule has 23 heavy (non-hydrogen) atoms. The fourth-order valence-electron chi connectivity index (χ4n) is 2.23. The Morgan fingerprint density at radius 2 is 1.78 bits per heavy atom. The van der Waals surface area contributed by atoms with Crippen LogP contribution in [-0.4, -0.2) is 16.1 Å². The van der Waals surface area contributed by atoms with Gasteiger partial charge in [-0.05, 0) is 38.1 Å². The number of aromatic nitrogens is 1. The van der Waals surface area contributed by atoms with E-state index in [1.54, 1.807) is 0 Å². The van der Waals surface area contributed by atoms with E-state index >= 15 is 0 Å². The number of thioether (sulfide) groups is 1. The standard InChI is InChI=1S/C19H18N2OS/c1-13-7-10-16(11-8-13)20-19(22)14(2)23-18-12-9-15-5-3-4-6-17(15)21-18/h3-12,14H,1-2H3,(H,20,22). The van der Waals surface area contributed by atoms with Crippen LogP contribution in [0.2, 0.25) is 0 Å². The number of carbonyl (C=O) groups excluding carboxylic acids is 1. The van der Waals surface area contributed by atoms with Crippen molar-refractivity contribution >= 4 is 34.3 Å². The summed E-state index contributed by atoms with van der Waals surface area (Å²) in [5.74, 6) is -0.0196. The van der Waals surface area contributed by atoms with E-state index in [1.165, 1.54) is 17.3 Å². The lowest BCUT2D eigenvalue weighted by Gasteiger charge is -2.12. The number of aryl methyl sites for hydroxylation is 1. The van der Waals surface area contributed by atoms with Crippen LogP contribution in [0.4, 0.5) is 5.69 Å². The summed E-state index contributed by atoms with van der Waals surface area (Å²) in [6, 6.07) is 19.8. The van der Waals surface area contributed by atoms with Gasteiger partial charge in [-0.3, -0.25) is 4.79 Å². The highest BCUT2D eigenvalue weighted by Crippen LogP contribution is 2.24. The molecule has 0 aliphatic carbocycles. The molecule has 3 rings (SSSR count). The number of nitrogens with zero attached hydrogens (tertiary/aromatic N) is 1. The number of para-hydroxylation sites is 1. The third-order valence-electron chi connectivity index (χ3n) is 3.56. The molecular weight excluding hydrogens is 304 g/mol. The van der Waals surface area contributed by atoms with Crippen molar-refractivity contribution in [2.75, 3.05) is 5.32 Å². The van der Waals surface area contributed by atoms with Crippen LogP contribution in [-0.2, 0) is 4.79 Å². The predicted molar refractivity (Wildman–Crippen MR) is 96.9 cm³/mol. The SMILES string of the molecule is Cc1ccc(NC(=O)C(C)Sc2ccc3ccccc3n2)cc1. The van der Waals surface area contributed by atoms with E-state index in [0.29, 0.717) is 0 Å². The second-order valence-corrected chi connectivity index (χ2v) is 6.82. The number of rotatable bonds is 4. The first-order valence-corrected chi connectivity index (χ1v) is 8.40. The summed E-state index contributed by atoms with van der Waals surface area (Å²) < 4.78 is 0. The van der Waals surface area contributed by atoms with Crippen molar-refractivity contribution in [1.29, 1.82) is 0 Å². The highest BCUT2D eigenvalue weighted by Gasteiger charge is 2.15. The summed E-state index contributed by atoms with van der Waals surface area (Å²) in [5.41, 5.74) is 2.94. The number of benzene rings is 2. The smallest absolute Gasteiger partial charge is 0.237 e. The van der Waals surface area contributed by atoms with Gasteiger partial charge in [0.1, 0.15) is 0 Å². The summed E-state index contributed by atoms with van der Waals surface area (Å²) in [4.78, 5) is 16.9. The Morgan fingerprint density at radius 3 is 2.57 bits per heavy atom. The first-order chi connectivity index (χ1) is 11.1. The van der Waals surface area contributed by atoms with E-state index < -0.39 is 0 Å². The summed E-state index contributed by atoms with van der Waals surface area (Å²) in [6.45, 7) is 3.92. The molecule has 0 radical (unpaired) electrons. The van der Waals surface area contributed by atoms with Crippen molar-refractivity contribution < 1.29 is 4.79 Å². The monoisotopic (exact) mass is 322 g/mol. The van der Waals surface area contributed by atoms with Gasteiger partial charge in [0, 0.05) is 11.1 Å². The van der Waals surface area contributed by atoms with Gasteiger partial charge in [0.15, 0.2) is 0 Å². The number of hydrogen-bond donors (Lipinski definition) is 1. The molecule has 0 aliphatic rings. The quantitative estimate of drug-likeness (QED) is 0.710. The number of carbonyl (C=O) groups is 1. The second-order valence-electron chi connectivity index (χ2n) is 5.46. The Kier molecular flexibility index (Phi) is 4.63. The molecule has 1 amide bonds. The van der Waals surface area contributed by atoms with Gasteiger partial charge in [-0.15, -0.1) is 0 Å². The van der Waals surface area contributed by atoms with Gasteiger partial charge in [0.2, 0.25) is 5.91 Å². The second kappa shape index (κ2) is 6.84. The number of anilines is 1. The lowest BCUT2D eigenvalue weighted by atomic mass is 10.2. The molecule has 1 atom stereocenters. The minimum Gasteiger partial charge on any atom is -0.325 e. The Bertz CT molecular complexity index is 830. The summed E-state index contributed by atoms with van der Waals surface area (Å²) >= 11 is 1.47. The van der Waals surface area contributed by atoms with Crippen LogP contribution in [0.15, 0.2) is 65.7 Å². The first kappa shape index (κ1) is 15.6. The van der Waals surface area contributed by atoms with E-state index in [0.717, 1.165) is 21.6 Å². The van der Waals surface area contributed by atoms with Crippen molar-refractivity contribution in [2.45, 2.75) is 24.1 Å². The molecule has 0 bridgehead atoms. The molecule has 0 aliphatic heterocycles. The van der Waals surface area contributed by atoms with Crippen LogP contribution >= 0.6 is 11.8 Å². The Balaban J connectivity index is 1.68. The van der Waals surface area contributed by atoms with Gasteiger partial charge in [0.25, 0.3) is 0 Å². The predicted octanol–water partition coefficient (Wildman–Crippen LogP) is 4.66. The molecule has 3 aromatic rings. The Hall–Kier alpha value is -2.33. The Morgan fingerprint density at radius 1 is 1.04 bits per heavy atom. The molecule has 1 heterocycles. The van der Waals surface area contributed by atoms with E-state index in [-0.39, 0.29) is 11.2 Å². The van der Waals surface area contributed by atoms with Crippen molar-refractivity contribution in [1.82, 2.24) is 4.98 Å². The number of pyridine rings is 1. The molecule has 0 saturated heterocycles. The first-order valence-electron chi connectivity index (χ1n) is 7.52. The number of fused-ring (bicyclic) bond motifs is 1. The molecule has 4 heteroatoms. The van der Waals surface area contributed by atoms with Gasteiger partial charge < -0.3 is 5.32 Å². The lowest BCUT2D eigenvalue weighted by Crippen LogP contribution is -2.22. The summed E-state index contributed by atoms with van der Waals surface area (Å²) in [5, 5.41) is 4.68. The molecule has 1 unspecified atom stereocenters. The maximum absolute atomic E-state index is 12.3. The van der Waals surface area contributed by atoms with Gasteiger partial charge in [0.05, 0.1) is 15.8 Å². The summed E-state index contributed by atoms with van der Waals surface area (Å²) in [7, 11) is 0. The van der Waals surface area contributed by atoms with Crippen LogP contribution in [0.3, 0.4) is 0 Å². The largest absolute Gasteiger partial charge is 0.325 e. The number of hydrogen-bond acceptors (Lipinski definition) is 3. The number of nitrogens with one attached hydrogen (secondary N) is 1. The molecule has 2 aromatic carbocycles. The maximum atomic E-state index is 12.3. The highest BCUT2D eigenvalue weighted by atomic mass is 32.2. The van der Waals surface area contributed by atoms with Crippen LogP contribution in [0.5, 0.6) is 0 Å². The third kappa shape index (κ3) is 3.90.